The zero-order chi connectivity index (χ0) is 13.0. The van der Waals surface area contributed by atoms with Crippen molar-refractivity contribution in [3.05, 3.63) is 35.4 Å². The van der Waals surface area contributed by atoms with Crippen LogP contribution in [0, 0.1) is 5.92 Å². The average molecular weight is 257 g/mol. The van der Waals surface area contributed by atoms with E-state index in [1.54, 1.807) is 6.07 Å². The Morgan fingerprint density at radius 3 is 2.78 bits per heavy atom. The Labute approximate surface area is 105 Å². The van der Waals surface area contributed by atoms with Crippen molar-refractivity contribution in [1.29, 1.82) is 0 Å². The van der Waals surface area contributed by atoms with Gasteiger partial charge in [0, 0.05) is 0 Å². The third-order valence-corrected chi connectivity index (χ3v) is 3.49. The number of halogens is 3. The van der Waals surface area contributed by atoms with Crippen LogP contribution in [-0.2, 0) is 12.6 Å². The number of hydrogen-bond acceptors (Lipinski definition) is 1. The lowest BCUT2D eigenvalue weighted by Gasteiger charge is -2.22. The van der Waals surface area contributed by atoms with Gasteiger partial charge in [-0.25, -0.2) is 0 Å². The van der Waals surface area contributed by atoms with Crippen LogP contribution in [0.4, 0.5) is 13.2 Å². The molecule has 4 heteroatoms. The fourth-order valence-electron chi connectivity index (χ4n) is 2.44. The second kappa shape index (κ2) is 5.74. The molecule has 0 amide bonds. The number of aryl methyl sites for hydroxylation is 1. The van der Waals surface area contributed by atoms with Gasteiger partial charge in [0.25, 0.3) is 0 Å². The Kier molecular flexibility index (Phi) is 4.27. The maximum absolute atomic E-state index is 12.6. The van der Waals surface area contributed by atoms with Crippen LogP contribution in [0.3, 0.4) is 0 Å². The number of alkyl halides is 3. The highest BCUT2D eigenvalue weighted by Crippen LogP contribution is 2.30. The molecule has 1 atom stereocenters. The van der Waals surface area contributed by atoms with E-state index in [-0.39, 0.29) is 0 Å². The van der Waals surface area contributed by atoms with Crippen molar-refractivity contribution in [2.24, 2.45) is 5.92 Å². The van der Waals surface area contributed by atoms with Gasteiger partial charge in [-0.3, -0.25) is 0 Å². The first-order valence-electron chi connectivity index (χ1n) is 6.42. The molecule has 1 aliphatic heterocycles. The maximum Gasteiger partial charge on any atom is 0.416 e. The Morgan fingerprint density at radius 2 is 2.11 bits per heavy atom. The van der Waals surface area contributed by atoms with Crippen LogP contribution in [-0.4, -0.2) is 13.1 Å². The number of hydrogen-bond donors (Lipinski definition) is 1. The molecule has 1 fully saturated rings. The molecule has 0 radical (unpaired) electrons. The highest BCUT2D eigenvalue weighted by molar-refractivity contribution is 5.25. The van der Waals surface area contributed by atoms with Crippen LogP contribution >= 0.6 is 0 Å². The summed E-state index contributed by atoms with van der Waals surface area (Å²) in [6, 6.07) is 5.69. The van der Waals surface area contributed by atoms with E-state index in [0.717, 1.165) is 37.6 Å². The molecule has 1 N–H and O–H groups in total. The van der Waals surface area contributed by atoms with E-state index in [1.807, 2.05) is 0 Å². The summed E-state index contributed by atoms with van der Waals surface area (Å²) in [4.78, 5) is 0. The van der Waals surface area contributed by atoms with E-state index in [9.17, 15) is 13.2 Å². The van der Waals surface area contributed by atoms with E-state index >= 15 is 0 Å². The van der Waals surface area contributed by atoms with Crippen LogP contribution < -0.4 is 5.32 Å². The molecule has 0 bridgehead atoms. The topological polar surface area (TPSA) is 12.0 Å². The fourth-order valence-corrected chi connectivity index (χ4v) is 2.44. The van der Waals surface area contributed by atoms with E-state index in [2.05, 4.69) is 5.32 Å². The summed E-state index contributed by atoms with van der Waals surface area (Å²) in [7, 11) is 0. The molecule has 1 aromatic rings. The highest BCUT2D eigenvalue weighted by Gasteiger charge is 2.30. The molecule has 0 aliphatic carbocycles. The molecule has 18 heavy (non-hydrogen) atoms. The quantitative estimate of drug-likeness (QED) is 0.871. The molecule has 0 aromatic heterocycles. The number of piperidine rings is 1. The number of nitrogens with one attached hydrogen (secondary N) is 1. The van der Waals surface area contributed by atoms with Gasteiger partial charge < -0.3 is 5.32 Å². The molecule has 1 saturated heterocycles. The summed E-state index contributed by atoms with van der Waals surface area (Å²) < 4.78 is 37.7. The van der Waals surface area contributed by atoms with E-state index in [1.165, 1.54) is 25.0 Å². The highest BCUT2D eigenvalue weighted by atomic mass is 19.4. The summed E-state index contributed by atoms with van der Waals surface area (Å²) in [6.07, 6.45) is -0.174. The van der Waals surface area contributed by atoms with Gasteiger partial charge in [-0.2, -0.15) is 13.2 Å². The van der Waals surface area contributed by atoms with Crippen molar-refractivity contribution >= 4 is 0 Å². The number of benzene rings is 1. The molecule has 100 valence electrons. The SMILES string of the molecule is FC(F)(F)c1cccc(CCC2CCCNC2)c1. The molecular weight excluding hydrogens is 239 g/mol. The standard InChI is InChI=1S/C14H18F3N/c15-14(16,17)13-5-1-3-11(9-13)6-7-12-4-2-8-18-10-12/h1,3,5,9,12,18H,2,4,6-8,10H2. The largest absolute Gasteiger partial charge is 0.416 e. The first-order chi connectivity index (χ1) is 8.55. The monoisotopic (exact) mass is 257 g/mol. The van der Waals surface area contributed by atoms with Gasteiger partial charge in [0.15, 0.2) is 0 Å². The molecule has 1 unspecified atom stereocenters. The van der Waals surface area contributed by atoms with Crippen LogP contribution in [0.1, 0.15) is 30.4 Å². The molecule has 1 nitrogen and oxygen atoms in total. The predicted octanol–water partition coefficient (Wildman–Crippen LogP) is 3.64. The molecular formula is C14H18F3N. The Hall–Kier alpha value is -1.03. The lowest BCUT2D eigenvalue weighted by molar-refractivity contribution is -0.137. The molecule has 1 aliphatic rings. The second-order valence-corrected chi connectivity index (χ2v) is 4.95. The molecule has 1 aromatic carbocycles. The van der Waals surface area contributed by atoms with Crippen LogP contribution in [0.25, 0.3) is 0 Å². The van der Waals surface area contributed by atoms with E-state index in [0.29, 0.717) is 5.92 Å². The first kappa shape index (κ1) is 13.4. The lowest BCUT2D eigenvalue weighted by atomic mass is 9.92. The minimum Gasteiger partial charge on any atom is -0.316 e. The Bertz CT molecular complexity index is 381. The van der Waals surface area contributed by atoms with Gasteiger partial charge in [-0.15, -0.1) is 0 Å². The summed E-state index contributed by atoms with van der Waals surface area (Å²) in [5.74, 6) is 0.605. The van der Waals surface area contributed by atoms with Gasteiger partial charge in [-0.05, 0) is 56.3 Å². The third kappa shape index (κ3) is 3.73. The van der Waals surface area contributed by atoms with Crippen molar-refractivity contribution < 1.29 is 13.2 Å². The normalized spacial score (nSPS) is 20.9. The summed E-state index contributed by atoms with van der Waals surface area (Å²) in [5.41, 5.74) is 0.247. The summed E-state index contributed by atoms with van der Waals surface area (Å²) >= 11 is 0. The van der Waals surface area contributed by atoms with Crippen molar-refractivity contribution in [2.45, 2.75) is 31.9 Å². The van der Waals surface area contributed by atoms with Gasteiger partial charge in [-0.1, -0.05) is 18.2 Å². The predicted molar refractivity (Wildman–Crippen MR) is 65.4 cm³/mol. The Morgan fingerprint density at radius 1 is 1.28 bits per heavy atom. The fraction of sp³-hybridized carbons (Fsp3) is 0.571. The molecule has 2 rings (SSSR count). The van der Waals surface area contributed by atoms with Crippen molar-refractivity contribution in [2.75, 3.05) is 13.1 Å². The van der Waals surface area contributed by atoms with E-state index in [4.69, 9.17) is 0 Å². The van der Waals surface area contributed by atoms with Crippen molar-refractivity contribution in [1.82, 2.24) is 5.32 Å². The average Bonchev–Trinajstić information content (AvgIpc) is 2.37. The third-order valence-electron chi connectivity index (χ3n) is 3.49. The maximum atomic E-state index is 12.6. The summed E-state index contributed by atoms with van der Waals surface area (Å²) in [5, 5.41) is 3.33. The zero-order valence-corrected chi connectivity index (χ0v) is 10.3. The van der Waals surface area contributed by atoms with Gasteiger partial charge in [0.2, 0.25) is 0 Å². The molecule has 0 spiro atoms. The lowest BCUT2D eigenvalue weighted by Crippen LogP contribution is -2.29. The van der Waals surface area contributed by atoms with Crippen LogP contribution in [0.5, 0.6) is 0 Å². The molecule has 0 saturated carbocycles. The van der Waals surface area contributed by atoms with Crippen molar-refractivity contribution in [3.63, 3.8) is 0 Å². The van der Waals surface area contributed by atoms with Crippen molar-refractivity contribution in [3.8, 4) is 0 Å². The van der Waals surface area contributed by atoms with Crippen LogP contribution in [0.2, 0.25) is 0 Å². The minimum absolute atomic E-state index is 0.540. The first-order valence-corrected chi connectivity index (χ1v) is 6.42. The van der Waals surface area contributed by atoms with Gasteiger partial charge in [0.1, 0.15) is 0 Å². The Balaban J connectivity index is 1.92. The van der Waals surface area contributed by atoms with E-state index < -0.39 is 11.7 Å². The van der Waals surface area contributed by atoms with Gasteiger partial charge in [0.05, 0.1) is 5.56 Å². The summed E-state index contributed by atoms with van der Waals surface area (Å²) in [6.45, 7) is 2.07. The zero-order valence-electron chi connectivity index (χ0n) is 10.3. The number of rotatable bonds is 3. The molecule has 1 heterocycles. The van der Waals surface area contributed by atoms with Gasteiger partial charge >= 0.3 is 6.18 Å². The second-order valence-electron chi connectivity index (χ2n) is 4.95. The smallest absolute Gasteiger partial charge is 0.316 e. The minimum atomic E-state index is -4.23. The van der Waals surface area contributed by atoms with Crippen LogP contribution in [0.15, 0.2) is 24.3 Å².